The minimum atomic E-state index is 0.738. The number of nitrogen functional groups attached to an aromatic ring is 1. The number of hydrogen-bond donors (Lipinski definition) is 1. The predicted octanol–water partition coefficient (Wildman–Crippen LogP) is 2.82. The summed E-state index contributed by atoms with van der Waals surface area (Å²) in [5.74, 6) is 0.869. The summed E-state index contributed by atoms with van der Waals surface area (Å²) in [6, 6.07) is 7.85. The van der Waals surface area contributed by atoms with Crippen molar-refractivity contribution in [3.8, 4) is 11.4 Å². The molecule has 0 saturated carbocycles. The zero-order valence-electron chi connectivity index (χ0n) is 9.76. The van der Waals surface area contributed by atoms with Crippen molar-refractivity contribution in [2.45, 2.75) is 0 Å². The molecule has 0 fully saturated rings. The molecule has 18 heavy (non-hydrogen) atoms. The van der Waals surface area contributed by atoms with E-state index >= 15 is 0 Å². The van der Waals surface area contributed by atoms with Crippen LogP contribution in [0.5, 0.6) is 0 Å². The van der Waals surface area contributed by atoms with Crippen molar-refractivity contribution >= 4 is 39.3 Å². The van der Waals surface area contributed by atoms with Gasteiger partial charge in [-0.1, -0.05) is 0 Å². The average molecular weight is 350 g/mol. The van der Waals surface area contributed by atoms with Gasteiger partial charge in [-0.3, -0.25) is 4.98 Å². The number of nitrogens with two attached hydrogens (primary N) is 1. The Hall–Kier alpha value is -1.63. The Morgan fingerprint density at radius 3 is 2.89 bits per heavy atom. The number of aryl methyl sites for hydroxylation is 1. The van der Waals surface area contributed by atoms with E-state index < -0.39 is 0 Å². The van der Waals surface area contributed by atoms with E-state index in [0.29, 0.717) is 0 Å². The number of hydrogen-bond acceptors (Lipinski definition) is 3. The number of pyridine rings is 1. The molecule has 0 atom stereocenters. The first-order chi connectivity index (χ1) is 8.66. The van der Waals surface area contributed by atoms with Gasteiger partial charge in [0.1, 0.15) is 5.82 Å². The Morgan fingerprint density at radius 2 is 2.11 bits per heavy atom. The highest BCUT2D eigenvalue weighted by molar-refractivity contribution is 14.1. The maximum absolute atomic E-state index is 6.04. The van der Waals surface area contributed by atoms with Gasteiger partial charge in [0.05, 0.1) is 17.2 Å². The van der Waals surface area contributed by atoms with Crippen LogP contribution in [0.2, 0.25) is 0 Å². The molecule has 0 unspecified atom stereocenters. The summed E-state index contributed by atoms with van der Waals surface area (Å²) >= 11 is 2.27. The Kier molecular flexibility index (Phi) is 2.70. The zero-order chi connectivity index (χ0) is 12.7. The fourth-order valence-electron chi connectivity index (χ4n) is 2.00. The molecule has 2 heterocycles. The molecule has 90 valence electrons. The fraction of sp³-hybridized carbons (Fsp3) is 0.0769. The van der Waals surface area contributed by atoms with Crippen molar-refractivity contribution in [3.63, 3.8) is 0 Å². The van der Waals surface area contributed by atoms with Gasteiger partial charge in [0.25, 0.3) is 0 Å². The lowest BCUT2D eigenvalue weighted by Crippen LogP contribution is -1.97. The summed E-state index contributed by atoms with van der Waals surface area (Å²) in [6.45, 7) is 0. The number of nitrogens with zero attached hydrogens (tertiary/aromatic N) is 3. The van der Waals surface area contributed by atoms with Crippen LogP contribution in [0.4, 0.5) is 5.69 Å². The van der Waals surface area contributed by atoms with Crippen LogP contribution >= 0.6 is 22.6 Å². The second-order valence-electron chi connectivity index (χ2n) is 4.09. The predicted molar refractivity (Wildman–Crippen MR) is 81.1 cm³/mol. The van der Waals surface area contributed by atoms with E-state index in [-0.39, 0.29) is 0 Å². The topological polar surface area (TPSA) is 56.7 Å². The highest BCUT2D eigenvalue weighted by atomic mass is 127. The van der Waals surface area contributed by atoms with Crippen molar-refractivity contribution < 1.29 is 0 Å². The monoisotopic (exact) mass is 350 g/mol. The summed E-state index contributed by atoms with van der Waals surface area (Å²) in [6.07, 6.45) is 3.56. The van der Waals surface area contributed by atoms with Crippen molar-refractivity contribution in [1.82, 2.24) is 14.5 Å². The van der Waals surface area contributed by atoms with Crippen molar-refractivity contribution in [1.29, 1.82) is 0 Å². The minimum absolute atomic E-state index is 0.738. The van der Waals surface area contributed by atoms with Crippen molar-refractivity contribution in [2.75, 3.05) is 5.73 Å². The van der Waals surface area contributed by atoms with E-state index in [9.17, 15) is 0 Å². The molecule has 0 aliphatic carbocycles. The first-order valence-electron chi connectivity index (χ1n) is 5.48. The summed E-state index contributed by atoms with van der Waals surface area (Å²) in [5, 5.41) is 0. The number of benzene rings is 1. The van der Waals surface area contributed by atoms with Gasteiger partial charge in [0.15, 0.2) is 0 Å². The number of fused-ring (bicyclic) bond motifs is 1. The van der Waals surface area contributed by atoms with Gasteiger partial charge < -0.3 is 10.3 Å². The van der Waals surface area contributed by atoms with E-state index in [2.05, 4.69) is 32.6 Å². The third-order valence-corrected chi connectivity index (χ3v) is 3.61. The Balaban J connectivity index is 2.31. The quantitative estimate of drug-likeness (QED) is 0.542. The third-order valence-electron chi connectivity index (χ3n) is 2.94. The molecule has 0 amide bonds. The maximum atomic E-state index is 6.04. The van der Waals surface area contributed by atoms with Crippen LogP contribution in [-0.2, 0) is 7.05 Å². The molecule has 5 heteroatoms. The number of imidazole rings is 1. The number of rotatable bonds is 1. The van der Waals surface area contributed by atoms with Gasteiger partial charge in [-0.05, 0) is 46.9 Å². The maximum Gasteiger partial charge on any atom is 0.143 e. The molecule has 3 rings (SSSR count). The van der Waals surface area contributed by atoms with Crippen LogP contribution in [0.15, 0.2) is 36.7 Å². The molecule has 0 bridgehead atoms. The Bertz CT molecular complexity index is 733. The summed E-state index contributed by atoms with van der Waals surface area (Å²) in [4.78, 5) is 8.75. The van der Waals surface area contributed by atoms with E-state index in [1.165, 1.54) is 0 Å². The molecular formula is C13H11IN4. The molecular weight excluding hydrogens is 339 g/mol. The zero-order valence-corrected chi connectivity index (χ0v) is 11.9. The molecule has 0 radical (unpaired) electrons. The molecule has 3 aromatic rings. The van der Waals surface area contributed by atoms with Crippen LogP contribution < -0.4 is 5.73 Å². The first kappa shape index (κ1) is 11.5. The van der Waals surface area contributed by atoms with Crippen LogP contribution in [0.1, 0.15) is 0 Å². The van der Waals surface area contributed by atoms with E-state index in [1.54, 1.807) is 6.20 Å². The van der Waals surface area contributed by atoms with Crippen molar-refractivity contribution in [2.24, 2.45) is 7.05 Å². The molecule has 2 aromatic heterocycles. The summed E-state index contributed by atoms with van der Waals surface area (Å²) in [7, 11) is 1.98. The van der Waals surface area contributed by atoms with Gasteiger partial charge in [-0.25, -0.2) is 4.98 Å². The molecule has 0 aliphatic rings. The number of aromatic nitrogens is 3. The van der Waals surface area contributed by atoms with Gasteiger partial charge in [0.2, 0.25) is 0 Å². The molecule has 0 saturated heterocycles. The molecule has 1 aromatic carbocycles. The first-order valence-corrected chi connectivity index (χ1v) is 6.56. The lowest BCUT2D eigenvalue weighted by atomic mass is 10.2. The van der Waals surface area contributed by atoms with Crippen LogP contribution in [-0.4, -0.2) is 14.5 Å². The number of halogens is 1. The van der Waals surface area contributed by atoms with Crippen LogP contribution in [0, 0.1) is 3.57 Å². The normalized spacial score (nSPS) is 11.0. The summed E-state index contributed by atoms with van der Waals surface area (Å²) < 4.78 is 3.16. The van der Waals surface area contributed by atoms with Crippen LogP contribution in [0.25, 0.3) is 22.4 Å². The minimum Gasteiger partial charge on any atom is -0.398 e. The molecule has 0 spiro atoms. The van der Waals surface area contributed by atoms with E-state index in [4.69, 9.17) is 5.73 Å². The lowest BCUT2D eigenvalue weighted by Gasteiger charge is -2.06. The van der Waals surface area contributed by atoms with E-state index in [1.807, 2.05) is 42.1 Å². The SMILES string of the molecule is Cn1c(-c2cc(I)ccc2N)nc2ccncc21. The largest absolute Gasteiger partial charge is 0.398 e. The van der Waals surface area contributed by atoms with Gasteiger partial charge >= 0.3 is 0 Å². The van der Waals surface area contributed by atoms with Crippen molar-refractivity contribution in [3.05, 3.63) is 40.2 Å². The third kappa shape index (κ3) is 1.74. The highest BCUT2D eigenvalue weighted by Gasteiger charge is 2.12. The standard InChI is InChI=1S/C13H11IN4/c1-18-12-7-16-5-4-11(12)17-13(18)9-6-8(14)2-3-10(9)15/h2-7H,15H2,1H3. The second kappa shape index (κ2) is 4.24. The average Bonchev–Trinajstić information content (AvgIpc) is 2.71. The van der Waals surface area contributed by atoms with Gasteiger partial charge in [-0.2, -0.15) is 0 Å². The molecule has 4 nitrogen and oxygen atoms in total. The smallest absolute Gasteiger partial charge is 0.143 e. The lowest BCUT2D eigenvalue weighted by molar-refractivity contribution is 0.957. The molecule has 0 aliphatic heterocycles. The molecule has 2 N–H and O–H groups in total. The highest BCUT2D eigenvalue weighted by Crippen LogP contribution is 2.28. The van der Waals surface area contributed by atoms with E-state index in [0.717, 1.165) is 31.7 Å². The fourth-order valence-corrected chi connectivity index (χ4v) is 2.49. The van der Waals surface area contributed by atoms with Crippen LogP contribution in [0.3, 0.4) is 0 Å². The van der Waals surface area contributed by atoms with Gasteiger partial charge in [0, 0.05) is 28.1 Å². The summed E-state index contributed by atoms with van der Waals surface area (Å²) in [5.41, 5.74) is 9.67. The van der Waals surface area contributed by atoms with Gasteiger partial charge in [-0.15, -0.1) is 0 Å². The number of anilines is 1. The second-order valence-corrected chi connectivity index (χ2v) is 5.34. The Morgan fingerprint density at radius 1 is 1.28 bits per heavy atom. The Labute approximate surface area is 118 Å².